The van der Waals surface area contributed by atoms with E-state index in [2.05, 4.69) is 40.7 Å². The number of fused-ring (bicyclic) bond motifs is 1. The third kappa shape index (κ3) is 9.89. The third-order valence-corrected chi connectivity index (χ3v) is 13.8. The lowest BCUT2D eigenvalue weighted by atomic mass is 9.92. The first kappa shape index (κ1) is 48.0. The molecule has 4 aliphatic heterocycles. The number of aromatic nitrogens is 5. The molecule has 5 aromatic rings. The van der Waals surface area contributed by atoms with Gasteiger partial charge in [0.15, 0.2) is 5.82 Å². The quantitative estimate of drug-likeness (QED) is 0.0978. The van der Waals surface area contributed by atoms with Crippen molar-refractivity contribution >= 4 is 35.2 Å². The highest BCUT2D eigenvalue weighted by atomic mass is 19.4. The van der Waals surface area contributed by atoms with Crippen LogP contribution in [0.15, 0.2) is 67.0 Å². The molecule has 4 aliphatic rings. The van der Waals surface area contributed by atoms with E-state index >= 15 is 4.39 Å². The molecule has 6 heterocycles. The minimum atomic E-state index is -4.54. The van der Waals surface area contributed by atoms with Crippen molar-refractivity contribution in [2.24, 2.45) is 5.92 Å². The molecular formula is C49H53F4N11O6. The van der Waals surface area contributed by atoms with Crippen LogP contribution in [0.5, 0.6) is 5.75 Å². The summed E-state index contributed by atoms with van der Waals surface area (Å²) >= 11 is 0. The molecular weight excluding hydrogens is 915 g/mol. The number of nitrogens with one attached hydrogen (secondary N) is 3. The first-order valence-corrected chi connectivity index (χ1v) is 23.3. The smallest absolute Gasteiger partial charge is 0.401 e. The minimum absolute atomic E-state index is 0.00986. The third-order valence-electron chi connectivity index (χ3n) is 13.8. The Morgan fingerprint density at radius 2 is 1.56 bits per heavy atom. The number of carbonyl (C=O) groups excluding carboxylic acids is 5. The number of hydrogen-bond acceptors (Lipinski definition) is 12. The van der Waals surface area contributed by atoms with Gasteiger partial charge >= 0.3 is 6.18 Å². The number of benzene rings is 3. The first-order valence-electron chi connectivity index (χ1n) is 23.3. The summed E-state index contributed by atoms with van der Waals surface area (Å²) in [6.07, 6.45) is 0.629. The van der Waals surface area contributed by atoms with Gasteiger partial charge in [-0.1, -0.05) is 18.2 Å². The van der Waals surface area contributed by atoms with Gasteiger partial charge in [0.2, 0.25) is 11.8 Å². The molecule has 2 aromatic heterocycles. The van der Waals surface area contributed by atoms with E-state index in [1.165, 1.54) is 12.3 Å². The molecule has 3 N–H and O–H groups in total. The lowest BCUT2D eigenvalue weighted by Crippen LogP contribution is -2.54. The molecule has 3 fully saturated rings. The van der Waals surface area contributed by atoms with Gasteiger partial charge in [0.25, 0.3) is 17.7 Å². The average Bonchev–Trinajstić information content (AvgIpc) is 4.08. The maximum absolute atomic E-state index is 15.5. The zero-order valence-corrected chi connectivity index (χ0v) is 38.9. The van der Waals surface area contributed by atoms with Gasteiger partial charge in [0, 0.05) is 51.9 Å². The van der Waals surface area contributed by atoms with Crippen molar-refractivity contribution in [3.63, 3.8) is 0 Å². The second kappa shape index (κ2) is 19.4. The number of nitrogens with zero attached hydrogens (tertiary/aromatic N) is 8. The number of amides is 5. The van der Waals surface area contributed by atoms with Crippen molar-refractivity contribution in [1.82, 2.24) is 50.3 Å². The number of hydrogen-bond donors (Lipinski definition) is 3. The summed E-state index contributed by atoms with van der Waals surface area (Å²) in [5, 5.41) is 15.3. The molecule has 70 heavy (non-hydrogen) atoms. The normalized spacial score (nSPS) is 18.6. The highest BCUT2D eigenvalue weighted by Crippen LogP contribution is 2.39. The number of carbonyl (C=O) groups is 5. The number of H-pyrrole nitrogens is 1. The Labute approximate surface area is 400 Å². The van der Waals surface area contributed by atoms with Gasteiger partial charge in [-0.25, -0.2) is 14.1 Å². The van der Waals surface area contributed by atoms with Crippen LogP contribution in [0.2, 0.25) is 0 Å². The number of rotatable bonds is 14. The van der Waals surface area contributed by atoms with Crippen LogP contribution in [-0.2, 0) is 21.5 Å². The molecule has 21 heteroatoms. The summed E-state index contributed by atoms with van der Waals surface area (Å²) in [7, 11) is 0. The molecule has 3 aromatic carbocycles. The number of aryl methyl sites for hydroxylation is 1. The van der Waals surface area contributed by atoms with E-state index in [9.17, 15) is 37.1 Å². The SMILES string of the molecule is Cc1cc(-c2ccc(OCCN3CCC(CN4CCN(c5cc6c(cc5F)C(=O)N(C5CCC(=O)NC5=O)C6=O)CC4)CC3)cc2)ccc1-n1cc(C(=O)NCc2nc(C(C)(C)C(F)(F)F)n[nH]2)cn1. The lowest BCUT2D eigenvalue weighted by Gasteiger charge is -2.39. The van der Waals surface area contributed by atoms with Gasteiger partial charge in [-0.15, -0.1) is 0 Å². The second-order valence-corrected chi connectivity index (χ2v) is 18.8. The van der Waals surface area contributed by atoms with Crippen molar-refractivity contribution in [2.45, 2.75) is 70.6 Å². The molecule has 9 rings (SSSR count). The number of imide groups is 2. The number of ether oxygens (including phenoxy) is 1. The summed E-state index contributed by atoms with van der Waals surface area (Å²) in [5.74, 6) is -2.61. The van der Waals surface area contributed by atoms with E-state index in [4.69, 9.17) is 4.74 Å². The number of anilines is 1. The van der Waals surface area contributed by atoms with E-state index in [1.807, 2.05) is 54.3 Å². The Bertz CT molecular complexity index is 2810. The van der Waals surface area contributed by atoms with Crippen LogP contribution in [0.4, 0.5) is 23.2 Å². The molecule has 17 nitrogen and oxygen atoms in total. The number of piperidine rings is 2. The molecule has 5 amide bonds. The fraction of sp³-hybridized carbons (Fsp3) is 0.429. The maximum Gasteiger partial charge on any atom is 0.401 e. The zero-order valence-electron chi connectivity index (χ0n) is 38.9. The highest BCUT2D eigenvalue weighted by Gasteiger charge is 2.51. The van der Waals surface area contributed by atoms with Crippen molar-refractivity contribution in [2.75, 3.05) is 63.9 Å². The van der Waals surface area contributed by atoms with E-state index in [-0.39, 0.29) is 47.6 Å². The van der Waals surface area contributed by atoms with Gasteiger partial charge in [0.05, 0.1) is 40.8 Å². The molecule has 1 unspecified atom stereocenters. The van der Waals surface area contributed by atoms with Crippen LogP contribution in [0, 0.1) is 18.7 Å². The van der Waals surface area contributed by atoms with Gasteiger partial charge in [-0.3, -0.25) is 49.1 Å². The fourth-order valence-corrected chi connectivity index (χ4v) is 9.40. The van der Waals surface area contributed by atoms with Crippen molar-refractivity contribution in [1.29, 1.82) is 0 Å². The van der Waals surface area contributed by atoms with Crippen molar-refractivity contribution < 1.29 is 46.3 Å². The van der Waals surface area contributed by atoms with Crippen LogP contribution in [0.3, 0.4) is 0 Å². The van der Waals surface area contributed by atoms with E-state index in [0.717, 1.165) is 105 Å². The topological polar surface area (TPSA) is 191 Å². The maximum atomic E-state index is 15.5. The zero-order chi connectivity index (χ0) is 49.5. The summed E-state index contributed by atoms with van der Waals surface area (Å²) in [6, 6.07) is 15.3. The number of alkyl halides is 3. The first-order chi connectivity index (χ1) is 33.4. The van der Waals surface area contributed by atoms with Crippen molar-refractivity contribution in [3.05, 3.63) is 107 Å². The largest absolute Gasteiger partial charge is 0.492 e. The van der Waals surface area contributed by atoms with E-state index in [1.54, 1.807) is 10.9 Å². The van der Waals surface area contributed by atoms with Crippen molar-refractivity contribution in [3.8, 4) is 22.6 Å². The van der Waals surface area contributed by atoms with Gasteiger partial charge < -0.3 is 15.0 Å². The number of aromatic amines is 1. The van der Waals surface area contributed by atoms with Crippen LogP contribution < -0.4 is 20.3 Å². The number of likely N-dealkylation sites (tertiary alicyclic amines) is 1. The summed E-state index contributed by atoms with van der Waals surface area (Å²) in [4.78, 5) is 74.9. The molecule has 0 radical (unpaired) electrons. The Kier molecular flexibility index (Phi) is 13.3. The monoisotopic (exact) mass is 967 g/mol. The van der Waals surface area contributed by atoms with E-state index < -0.39 is 58.8 Å². The second-order valence-electron chi connectivity index (χ2n) is 18.8. The lowest BCUT2D eigenvalue weighted by molar-refractivity contribution is -0.182. The summed E-state index contributed by atoms with van der Waals surface area (Å²) in [6.45, 7) is 10.6. The highest BCUT2D eigenvalue weighted by molar-refractivity contribution is 6.23. The molecule has 1 atom stereocenters. The molecule has 368 valence electrons. The van der Waals surface area contributed by atoms with Crippen LogP contribution >= 0.6 is 0 Å². The molecule has 0 aliphatic carbocycles. The Morgan fingerprint density at radius 3 is 2.24 bits per heavy atom. The van der Waals surface area contributed by atoms with Crippen LogP contribution in [0.25, 0.3) is 16.8 Å². The number of piperazine rings is 1. The Balaban J connectivity index is 0.687. The van der Waals surface area contributed by atoms with Crippen LogP contribution in [0.1, 0.15) is 87.8 Å². The van der Waals surface area contributed by atoms with Gasteiger partial charge in [-0.2, -0.15) is 23.4 Å². The summed E-state index contributed by atoms with van der Waals surface area (Å²) in [5.41, 5.74) is 1.97. The van der Waals surface area contributed by atoms with Crippen LogP contribution in [-0.4, -0.2) is 140 Å². The van der Waals surface area contributed by atoms with Gasteiger partial charge in [-0.05, 0) is 112 Å². The Morgan fingerprint density at radius 1 is 0.857 bits per heavy atom. The Hall–Kier alpha value is -7.00. The van der Waals surface area contributed by atoms with Gasteiger partial charge in [0.1, 0.15) is 35.5 Å². The molecule has 3 saturated heterocycles. The molecule has 0 bridgehead atoms. The summed E-state index contributed by atoms with van der Waals surface area (Å²) < 4.78 is 63.3. The molecule has 0 spiro atoms. The minimum Gasteiger partial charge on any atom is -0.492 e. The van der Waals surface area contributed by atoms with E-state index in [0.29, 0.717) is 25.6 Å². The number of halogens is 4. The molecule has 0 saturated carbocycles. The average molecular weight is 968 g/mol. The predicted octanol–water partition coefficient (Wildman–Crippen LogP) is 5.19. The standard InChI is InChI=1S/C49H53F4N11O6/c1-29-22-32(6-9-38(29)63-28-33(25-55-63)43(66)54-26-41-56-47(59-58-41)48(2,3)49(51,52)53)31-4-7-34(8-5-31)70-21-20-60-14-12-30(13-15-60)27-61-16-18-62(19-17-61)40-24-36-35(23-37(40)50)45(68)64(46(36)69)39-10-11-42(65)57-44(39)67/h4-9,22-25,28,30,39H,10-21,26-27H2,1-3H3,(H,54,66)(H,56,58,59)(H,57,65,67). The fourth-order valence-electron chi connectivity index (χ4n) is 9.40. The predicted molar refractivity (Wildman–Crippen MR) is 247 cm³/mol.